The molecule has 38 heavy (non-hydrogen) atoms. The van der Waals surface area contributed by atoms with Crippen molar-refractivity contribution in [2.75, 3.05) is 56.3 Å². The lowest BCUT2D eigenvalue weighted by Crippen LogP contribution is -2.44. The van der Waals surface area contributed by atoms with Crippen LogP contribution in [0.15, 0.2) is 36.4 Å². The predicted octanol–water partition coefficient (Wildman–Crippen LogP) is 5.11. The average Bonchev–Trinajstić information content (AvgIpc) is 2.89. The first-order valence-electron chi connectivity index (χ1n) is 13.5. The number of nitrogens with one attached hydrogen (secondary N) is 4. The fourth-order valence-corrected chi connectivity index (χ4v) is 5.31. The van der Waals surface area contributed by atoms with Crippen LogP contribution in [0.2, 0.25) is 5.02 Å². The maximum Gasteiger partial charge on any atom is 0.224 e. The molecule has 204 valence electrons. The standard InChI is InChI=1S/C29H39ClN6O2/c1-19-6-4-12-32-27(19)18-38-22-9-11-26(24(30)15-22)35-29-20(16-31)17-33-25-10-8-21(14-23(25)29)34-28(37)7-5-13-36(2)3/h8-11,14-15,19-20,27,29,32-33,35H,4-7,12-13,17-18H2,1-3H3,(H,34,37). The molecule has 1 amide bonds. The van der Waals surface area contributed by atoms with Crippen LogP contribution in [0, 0.1) is 23.2 Å². The van der Waals surface area contributed by atoms with Crippen molar-refractivity contribution in [3.63, 3.8) is 0 Å². The molecule has 1 saturated heterocycles. The summed E-state index contributed by atoms with van der Waals surface area (Å²) in [5.74, 6) is 0.963. The molecule has 2 aliphatic heterocycles. The highest BCUT2D eigenvalue weighted by molar-refractivity contribution is 6.33. The maximum absolute atomic E-state index is 12.5. The molecule has 0 bridgehead atoms. The first kappa shape index (κ1) is 28.0. The number of anilines is 3. The predicted molar refractivity (Wildman–Crippen MR) is 154 cm³/mol. The van der Waals surface area contributed by atoms with Crippen LogP contribution >= 0.6 is 11.6 Å². The van der Waals surface area contributed by atoms with Crippen LogP contribution in [0.4, 0.5) is 17.1 Å². The molecule has 9 heteroatoms. The number of rotatable bonds is 10. The number of benzene rings is 2. The number of amides is 1. The van der Waals surface area contributed by atoms with Crippen LogP contribution in [0.25, 0.3) is 0 Å². The maximum atomic E-state index is 12.5. The van der Waals surface area contributed by atoms with E-state index < -0.39 is 0 Å². The van der Waals surface area contributed by atoms with E-state index in [0.29, 0.717) is 42.2 Å². The Bertz CT molecular complexity index is 1150. The van der Waals surface area contributed by atoms with Gasteiger partial charge in [-0.05, 0) is 82.7 Å². The molecule has 4 unspecified atom stereocenters. The fraction of sp³-hybridized carbons (Fsp3) is 0.517. The Kier molecular flexibility index (Phi) is 9.73. The Hall–Kier alpha value is -2.99. The van der Waals surface area contributed by atoms with Gasteiger partial charge in [-0.25, -0.2) is 0 Å². The van der Waals surface area contributed by atoms with E-state index in [9.17, 15) is 10.1 Å². The van der Waals surface area contributed by atoms with E-state index in [1.165, 1.54) is 12.8 Å². The van der Waals surface area contributed by atoms with Gasteiger partial charge >= 0.3 is 0 Å². The number of ether oxygens (including phenoxy) is 1. The molecule has 8 nitrogen and oxygen atoms in total. The van der Waals surface area contributed by atoms with Crippen LogP contribution < -0.4 is 26.0 Å². The Balaban J connectivity index is 1.45. The van der Waals surface area contributed by atoms with E-state index in [4.69, 9.17) is 16.3 Å². The van der Waals surface area contributed by atoms with Crippen molar-refractivity contribution in [1.82, 2.24) is 10.2 Å². The molecule has 1 fully saturated rings. The second-order valence-corrected chi connectivity index (χ2v) is 11.0. The number of nitrogens with zero attached hydrogens (tertiary/aromatic N) is 2. The molecule has 0 aromatic heterocycles. The molecule has 0 radical (unpaired) electrons. The summed E-state index contributed by atoms with van der Waals surface area (Å²) in [7, 11) is 3.99. The van der Waals surface area contributed by atoms with Crippen LogP contribution in [0.5, 0.6) is 5.75 Å². The van der Waals surface area contributed by atoms with Gasteiger partial charge in [0.05, 0.1) is 28.7 Å². The molecule has 4 atom stereocenters. The lowest BCUT2D eigenvalue weighted by atomic mass is 9.88. The van der Waals surface area contributed by atoms with Gasteiger partial charge in [0.2, 0.25) is 5.91 Å². The van der Waals surface area contributed by atoms with E-state index in [1.54, 1.807) is 0 Å². The van der Waals surface area contributed by atoms with Crippen molar-refractivity contribution in [2.45, 2.75) is 44.7 Å². The van der Waals surface area contributed by atoms with Gasteiger partial charge in [-0.1, -0.05) is 18.5 Å². The fourth-order valence-electron chi connectivity index (χ4n) is 5.08. The highest BCUT2D eigenvalue weighted by Gasteiger charge is 2.30. The highest BCUT2D eigenvalue weighted by Crippen LogP contribution is 2.39. The largest absolute Gasteiger partial charge is 0.492 e. The third kappa shape index (κ3) is 7.31. The van der Waals surface area contributed by atoms with Crippen molar-refractivity contribution in [1.29, 1.82) is 5.26 Å². The van der Waals surface area contributed by atoms with E-state index in [-0.39, 0.29) is 17.9 Å². The molecule has 4 N–H and O–H groups in total. The van der Waals surface area contributed by atoms with Crippen molar-refractivity contribution >= 4 is 34.6 Å². The third-order valence-electron chi connectivity index (χ3n) is 7.37. The summed E-state index contributed by atoms with van der Waals surface area (Å²) in [5, 5.41) is 23.8. The van der Waals surface area contributed by atoms with Crippen LogP contribution in [0.3, 0.4) is 0 Å². The number of hydrogen-bond acceptors (Lipinski definition) is 7. The van der Waals surface area contributed by atoms with Gasteiger partial charge in [0.25, 0.3) is 0 Å². The summed E-state index contributed by atoms with van der Waals surface area (Å²) < 4.78 is 6.05. The number of hydrogen-bond donors (Lipinski definition) is 4. The van der Waals surface area contributed by atoms with E-state index in [2.05, 4.69) is 39.2 Å². The zero-order chi connectivity index (χ0) is 27.1. The number of fused-ring (bicyclic) bond motifs is 1. The van der Waals surface area contributed by atoms with Crippen LogP contribution in [-0.2, 0) is 4.79 Å². The molecule has 4 rings (SSSR count). The molecular formula is C29H39ClN6O2. The molecule has 0 aliphatic carbocycles. The Morgan fingerprint density at radius 1 is 1.26 bits per heavy atom. The van der Waals surface area contributed by atoms with Crippen molar-refractivity contribution in [3.05, 3.63) is 47.0 Å². The summed E-state index contributed by atoms with van der Waals surface area (Å²) in [6, 6.07) is 13.9. The minimum Gasteiger partial charge on any atom is -0.492 e. The smallest absolute Gasteiger partial charge is 0.224 e. The zero-order valence-electron chi connectivity index (χ0n) is 22.5. The van der Waals surface area contributed by atoms with Crippen molar-refractivity contribution in [3.8, 4) is 11.8 Å². The van der Waals surface area contributed by atoms with Gasteiger partial charge in [0.15, 0.2) is 0 Å². The Morgan fingerprint density at radius 2 is 2.11 bits per heavy atom. The first-order chi connectivity index (χ1) is 18.3. The highest BCUT2D eigenvalue weighted by atomic mass is 35.5. The normalized spacial score (nSPS) is 22.6. The van der Waals surface area contributed by atoms with E-state index in [1.807, 2.05) is 50.5 Å². The quantitative estimate of drug-likeness (QED) is 0.333. The van der Waals surface area contributed by atoms with Crippen LogP contribution in [-0.4, -0.2) is 57.2 Å². The number of piperidine rings is 1. The number of carbonyl (C=O) groups excluding carboxylic acids is 1. The van der Waals surface area contributed by atoms with Crippen molar-refractivity contribution < 1.29 is 9.53 Å². The summed E-state index contributed by atoms with van der Waals surface area (Å²) in [4.78, 5) is 14.5. The molecule has 0 spiro atoms. The number of halogens is 1. The van der Waals surface area contributed by atoms with Gasteiger partial charge in [-0.3, -0.25) is 4.79 Å². The molecule has 0 saturated carbocycles. The minimum absolute atomic E-state index is 0.0200. The monoisotopic (exact) mass is 538 g/mol. The first-order valence-corrected chi connectivity index (χ1v) is 13.9. The summed E-state index contributed by atoms with van der Waals surface area (Å²) in [5.41, 5.74) is 3.30. The Labute approximate surface area is 231 Å². The Morgan fingerprint density at radius 3 is 2.84 bits per heavy atom. The molecular weight excluding hydrogens is 500 g/mol. The molecule has 2 aliphatic rings. The van der Waals surface area contributed by atoms with Gasteiger partial charge in [0, 0.05) is 42.0 Å². The SMILES string of the molecule is CC1CCCNC1COc1ccc(NC2c3cc(NC(=O)CCCN(C)C)ccc3NCC2C#N)c(Cl)c1. The topological polar surface area (TPSA) is 101 Å². The van der Waals surface area contributed by atoms with E-state index >= 15 is 0 Å². The molecule has 2 aromatic carbocycles. The zero-order valence-corrected chi connectivity index (χ0v) is 23.3. The summed E-state index contributed by atoms with van der Waals surface area (Å²) in [6.07, 6.45) is 3.67. The van der Waals surface area contributed by atoms with Crippen molar-refractivity contribution in [2.24, 2.45) is 11.8 Å². The number of nitriles is 1. The number of carbonyl (C=O) groups is 1. The van der Waals surface area contributed by atoms with Gasteiger partial charge < -0.3 is 30.9 Å². The lowest BCUT2D eigenvalue weighted by molar-refractivity contribution is -0.116. The second kappa shape index (κ2) is 13.2. The van der Waals surface area contributed by atoms with Crippen LogP contribution in [0.1, 0.15) is 44.2 Å². The van der Waals surface area contributed by atoms with E-state index in [0.717, 1.165) is 42.2 Å². The van der Waals surface area contributed by atoms with Gasteiger partial charge in [-0.2, -0.15) is 5.26 Å². The second-order valence-electron chi connectivity index (χ2n) is 10.6. The molecule has 2 aromatic rings. The summed E-state index contributed by atoms with van der Waals surface area (Å²) >= 11 is 6.67. The van der Waals surface area contributed by atoms with Gasteiger partial charge in [0.1, 0.15) is 12.4 Å². The lowest BCUT2D eigenvalue weighted by Gasteiger charge is -2.33. The summed E-state index contributed by atoms with van der Waals surface area (Å²) in [6.45, 7) is 5.26. The third-order valence-corrected chi connectivity index (χ3v) is 7.68. The average molecular weight is 539 g/mol. The van der Waals surface area contributed by atoms with Gasteiger partial charge in [-0.15, -0.1) is 0 Å². The molecule has 2 heterocycles. The minimum atomic E-state index is -0.320.